The van der Waals surface area contributed by atoms with Crippen molar-refractivity contribution in [2.45, 2.75) is 30.8 Å². The summed E-state index contributed by atoms with van der Waals surface area (Å²) in [4.78, 5) is 22.7. The Balaban J connectivity index is 1.36. The minimum absolute atomic E-state index is 0.0923. The number of piperidine rings is 1. The number of ketones is 1. The van der Waals surface area contributed by atoms with Gasteiger partial charge in [0.1, 0.15) is 12.4 Å². The number of benzene rings is 2. The molecule has 184 valence electrons. The van der Waals surface area contributed by atoms with E-state index in [9.17, 15) is 17.6 Å². The van der Waals surface area contributed by atoms with Gasteiger partial charge in [0, 0.05) is 24.9 Å². The first kappa shape index (κ1) is 24.7. The SMILES string of the molecule is Cc1c(Oc2ccc(S(C)(=O)=O)cc2F)ncnc1OC1CCN(CC(=O)c2ccccc2)CC1. The smallest absolute Gasteiger partial charge is 0.229 e. The van der Waals surface area contributed by atoms with E-state index in [-0.39, 0.29) is 28.4 Å². The topological polar surface area (TPSA) is 98.7 Å². The highest BCUT2D eigenvalue weighted by molar-refractivity contribution is 7.90. The fourth-order valence-electron chi connectivity index (χ4n) is 3.80. The van der Waals surface area contributed by atoms with Crippen molar-refractivity contribution in [2.75, 3.05) is 25.9 Å². The van der Waals surface area contributed by atoms with Crippen LogP contribution in [0.15, 0.2) is 59.8 Å². The summed E-state index contributed by atoms with van der Waals surface area (Å²) in [6.07, 6.45) is 3.64. The zero-order valence-corrected chi connectivity index (χ0v) is 20.3. The number of carbonyl (C=O) groups is 1. The number of nitrogens with zero attached hydrogens (tertiary/aromatic N) is 3. The van der Waals surface area contributed by atoms with Crippen molar-refractivity contribution < 1.29 is 27.1 Å². The first-order valence-corrected chi connectivity index (χ1v) is 13.1. The average Bonchev–Trinajstić information content (AvgIpc) is 2.84. The van der Waals surface area contributed by atoms with Gasteiger partial charge in [0.25, 0.3) is 0 Å². The van der Waals surface area contributed by atoms with Crippen LogP contribution in [0.25, 0.3) is 0 Å². The van der Waals surface area contributed by atoms with Gasteiger partial charge in [0.05, 0.1) is 17.0 Å². The first-order chi connectivity index (χ1) is 16.7. The molecule has 0 unspecified atom stereocenters. The number of sulfone groups is 1. The predicted octanol–water partition coefficient (Wildman–Crippen LogP) is 3.85. The van der Waals surface area contributed by atoms with Crippen molar-refractivity contribution >= 4 is 15.6 Å². The van der Waals surface area contributed by atoms with Gasteiger partial charge in [-0.1, -0.05) is 30.3 Å². The molecule has 0 saturated carbocycles. The van der Waals surface area contributed by atoms with E-state index in [1.54, 1.807) is 6.92 Å². The van der Waals surface area contributed by atoms with E-state index in [4.69, 9.17) is 9.47 Å². The second-order valence-corrected chi connectivity index (χ2v) is 10.5. The van der Waals surface area contributed by atoms with Crippen LogP contribution < -0.4 is 9.47 Å². The zero-order chi connectivity index (χ0) is 25.0. The molecule has 0 bridgehead atoms. The minimum Gasteiger partial charge on any atom is -0.474 e. The zero-order valence-electron chi connectivity index (χ0n) is 19.5. The third kappa shape index (κ3) is 6.20. The summed E-state index contributed by atoms with van der Waals surface area (Å²) in [5, 5.41) is 0. The number of Topliss-reactive ketones (excluding diaryl/α,β-unsaturated/α-hetero) is 1. The molecule has 0 aliphatic carbocycles. The van der Waals surface area contributed by atoms with Gasteiger partial charge in [0.15, 0.2) is 27.2 Å². The number of hydrogen-bond acceptors (Lipinski definition) is 8. The van der Waals surface area contributed by atoms with Crippen LogP contribution in [0.3, 0.4) is 0 Å². The standard InChI is InChI=1S/C25H26FN3O5S/c1-17-24(27-16-28-25(17)34-23-9-8-20(14-21(23)26)35(2,31)32)33-19-10-12-29(13-11-19)15-22(30)18-6-4-3-5-7-18/h3-9,14,16,19H,10-13,15H2,1-2H3. The molecule has 8 nitrogen and oxygen atoms in total. The van der Waals surface area contributed by atoms with Crippen LogP contribution in [0, 0.1) is 12.7 Å². The van der Waals surface area contributed by atoms with Crippen molar-refractivity contribution in [2.24, 2.45) is 0 Å². The third-order valence-corrected chi connectivity index (χ3v) is 6.92. The number of aromatic nitrogens is 2. The average molecular weight is 500 g/mol. The van der Waals surface area contributed by atoms with Gasteiger partial charge in [-0.15, -0.1) is 0 Å². The lowest BCUT2D eigenvalue weighted by Crippen LogP contribution is -2.41. The molecule has 1 saturated heterocycles. The molecule has 10 heteroatoms. The Bertz CT molecular complexity index is 1310. The maximum absolute atomic E-state index is 14.4. The van der Waals surface area contributed by atoms with Crippen molar-refractivity contribution in [1.82, 2.24) is 14.9 Å². The molecule has 0 N–H and O–H groups in total. The Morgan fingerprint density at radius 1 is 1.09 bits per heavy atom. The molecule has 0 atom stereocenters. The molecular formula is C25H26FN3O5S. The second-order valence-electron chi connectivity index (χ2n) is 8.46. The lowest BCUT2D eigenvalue weighted by atomic mass is 10.1. The molecule has 1 aromatic heterocycles. The van der Waals surface area contributed by atoms with Gasteiger partial charge in [-0.25, -0.2) is 22.8 Å². The van der Waals surface area contributed by atoms with E-state index in [1.807, 2.05) is 30.3 Å². The number of carbonyl (C=O) groups excluding carboxylic acids is 1. The van der Waals surface area contributed by atoms with Crippen LogP contribution in [0.4, 0.5) is 4.39 Å². The number of halogens is 1. The van der Waals surface area contributed by atoms with Gasteiger partial charge in [0.2, 0.25) is 11.8 Å². The van der Waals surface area contributed by atoms with Crippen LogP contribution >= 0.6 is 0 Å². The van der Waals surface area contributed by atoms with Gasteiger partial charge in [-0.2, -0.15) is 0 Å². The van der Waals surface area contributed by atoms with Crippen LogP contribution in [-0.4, -0.2) is 61.1 Å². The maximum atomic E-state index is 14.4. The largest absolute Gasteiger partial charge is 0.474 e. The number of rotatable bonds is 8. The van der Waals surface area contributed by atoms with E-state index >= 15 is 0 Å². The van der Waals surface area contributed by atoms with Crippen molar-refractivity contribution in [1.29, 1.82) is 0 Å². The molecular weight excluding hydrogens is 473 g/mol. The third-order valence-electron chi connectivity index (χ3n) is 5.81. The quantitative estimate of drug-likeness (QED) is 0.431. The van der Waals surface area contributed by atoms with Gasteiger partial charge >= 0.3 is 0 Å². The predicted molar refractivity (Wildman–Crippen MR) is 127 cm³/mol. The molecule has 0 amide bonds. The van der Waals surface area contributed by atoms with Crippen molar-refractivity contribution in [3.8, 4) is 17.5 Å². The molecule has 35 heavy (non-hydrogen) atoms. The molecule has 2 aromatic carbocycles. The van der Waals surface area contributed by atoms with E-state index in [2.05, 4.69) is 14.9 Å². The lowest BCUT2D eigenvalue weighted by Gasteiger charge is -2.31. The normalized spacial score (nSPS) is 15.1. The Hall–Kier alpha value is -3.37. The molecule has 0 radical (unpaired) electrons. The number of likely N-dealkylation sites (tertiary alicyclic amines) is 1. The molecule has 1 aliphatic rings. The van der Waals surface area contributed by atoms with Crippen molar-refractivity contribution in [3.05, 3.63) is 71.8 Å². The van der Waals surface area contributed by atoms with E-state index < -0.39 is 15.7 Å². The summed E-state index contributed by atoms with van der Waals surface area (Å²) in [5.74, 6) is -0.420. The van der Waals surface area contributed by atoms with Gasteiger partial charge in [-0.05, 0) is 38.0 Å². The van der Waals surface area contributed by atoms with Gasteiger partial charge in [-0.3, -0.25) is 9.69 Å². The first-order valence-electron chi connectivity index (χ1n) is 11.2. The Labute approximate surface area is 203 Å². The molecule has 2 heterocycles. The molecule has 1 fully saturated rings. The van der Waals surface area contributed by atoms with Crippen LogP contribution in [0.2, 0.25) is 0 Å². The van der Waals surface area contributed by atoms with Crippen LogP contribution in [0.5, 0.6) is 17.5 Å². The Kier molecular flexibility index (Phi) is 7.42. The van der Waals surface area contributed by atoms with Gasteiger partial charge < -0.3 is 9.47 Å². The molecule has 1 aliphatic heterocycles. The molecule has 4 rings (SSSR count). The minimum atomic E-state index is -3.53. The lowest BCUT2D eigenvalue weighted by molar-refractivity contribution is 0.0774. The number of ether oxygens (including phenoxy) is 2. The Morgan fingerprint density at radius 3 is 2.43 bits per heavy atom. The summed E-state index contributed by atoms with van der Waals surface area (Å²) < 4.78 is 49.3. The highest BCUT2D eigenvalue weighted by Crippen LogP contribution is 2.31. The Morgan fingerprint density at radius 2 is 1.77 bits per heavy atom. The van der Waals surface area contributed by atoms with Crippen LogP contribution in [0.1, 0.15) is 28.8 Å². The summed E-state index contributed by atoms with van der Waals surface area (Å²) >= 11 is 0. The fourth-order valence-corrected chi connectivity index (χ4v) is 4.43. The van der Waals surface area contributed by atoms with E-state index in [0.29, 0.717) is 36.6 Å². The van der Waals surface area contributed by atoms with E-state index in [1.165, 1.54) is 18.5 Å². The molecule has 0 spiro atoms. The van der Waals surface area contributed by atoms with Crippen molar-refractivity contribution in [3.63, 3.8) is 0 Å². The fraction of sp³-hybridized carbons (Fsp3) is 0.320. The highest BCUT2D eigenvalue weighted by Gasteiger charge is 2.24. The number of hydrogen-bond donors (Lipinski definition) is 0. The highest BCUT2D eigenvalue weighted by atomic mass is 32.2. The van der Waals surface area contributed by atoms with E-state index in [0.717, 1.165) is 25.2 Å². The maximum Gasteiger partial charge on any atom is 0.229 e. The summed E-state index contributed by atoms with van der Waals surface area (Å²) in [7, 11) is -3.53. The monoisotopic (exact) mass is 499 g/mol. The summed E-state index contributed by atoms with van der Waals surface area (Å²) in [6, 6.07) is 12.7. The molecule has 3 aromatic rings. The summed E-state index contributed by atoms with van der Waals surface area (Å²) in [6.45, 7) is 3.51. The second kappa shape index (κ2) is 10.5. The summed E-state index contributed by atoms with van der Waals surface area (Å²) in [5.41, 5.74) is 1.21. The van der Waals surface area contributed by atoms with Crippen LogP contribution in [-0.2, 0) is 9.84 Å².